The first kappa shape index (κ1) is 17.9. The van der Waals surface area contributed by atoms with Crippen LogP contribution in [0.1, 0.15) is 32.6 Å². The molecule has 1 amide bonds. The van der Waals surface area contributed by atoms with Crippen LogP contribution in [0.25, 0.3) is 11.0 Å². The van der Waals surface area contributed by atoms with Crippen molar-refractivity contribution in [3.05, 3.63) is 12.3 Å². The van der Waals surface area contributed by atoms with E-state index in [1.807, 2.05) is 12.3 Å². The van der Waals surface area contributed by atoms with Gasteiger partial charge in [0.1, 0.15) is 11.5 Å². The van der Waals surface area contributed by atoms with Crippen molar-refractivity contribution in [2.75, 3.05) is 28.6 Å². The Morgan fingerprint density at radius 1 is 1.21 bits per heavy atom. The van der Waals surface area contributed by atoms with E-state index < -0.39 is 10.0 Å². The Bertz CT molecular complexity index is 1000. The molecule has 2 atom stereocenters. The highest BCUT2D eigenvalue weighted by molar-refractivity contribution is 7.89. The summed E-state index contributed by atoms with van der Waals surface area (Å²) in [4.78, 5) is 27.8. The van der Waals surface area contributed by atoms with Crippen molar-refractivity contribution in [1.82, 2.24) is 19.3 Å². The number of aromatic nitrogens is 3. The minimum absolute atomic E-state index is 0.0262. The second kappa shape index (κ2) is 6.41. The van der Waals surface area contributed by atoms with Gasteiger partial charge in [-0.3, -0.25) is 9.69 Å². The number of fused-ring (bicyclic) bond motifs is 3. The number of carbonyl (C=O) groups is 1. The molecule has 2 unspecified atom stereocenters. The number of hydrogen-bond acceptors (Lipinski definition) is 6. The summed E-state index contributed by atoms with van der Waals surface area (Å²) in [6, 6.07) is 2.07. The van der Waals surface area contributed by atoms with Crippen LogP contribution in [-0.4, -0.2) is 71.1 Å². The van der Waals surface area contributed by atoms with Crippen LogP contribution in [0.2, 0.25) is 0 Å². The second-order valence-corrected chi connectivity index (χ2v) is 10.0. The summed E-state index contributed by atoms with van der Waals surface area (Å²) in [7, 11) is -3.21. The number of aromatic amines is 1. The smallest absolute Gasteiger partial charge is 0.236 e. The van der Waals surface area contributed by atoms with E-state index in [4.69, 9.17) is 4.98 Å². The molecule has 1 N–H and O–H groups in total. The molecule has 10 heteroatoms. The Morgan fingerprint density at radius 2 is 1.93 bits per heavy atom. The number of nitrogens with zero attached hydrogens (tertiary/aromatic N) is 5. The van der Waals surface area contributed by atoms with Crippen LogP contribution in [0.3, 0.4) is 0 Å². The van der Waals surface area contributed by atoms with Crippen molar-refractivity contribution < 1.29 is 13.2 Å². The highest BCUT2D eigenvalue weighted by atomic mass is 32.2. The Balaban J connectivity index is 1.52. The summed E-state index contributed by atoms with van der Waals surface area (Å²) in [5.41, 5.74) is 0.698. The maximum Gasteiger partial charge on any atom is 0.236 e. The lowest BCUT2D eigenvalue weighted by Gasteiger charge is -2.40. The van der Waals surface area contributed by atoms with Crippen molar-refractivity contribution in [3.63, 3.8) is 0 Å². The van der Waals surface area contributed by atoms with E-state index in [-0.39, 0.29) is 23.9 Å². The topological polar surface area (TPSA) is 102 Å². The molecular formula is C18H24N6O3S. The maximum atomic E-state index is 12.5. The Labute approximate surface area is 163 Å². The molecule has 2 aromatic heterocycles. The van der Waals surface area contributed by atoms with Gasteiger partial charge in [-0.25, -0.2) is 8.42 Å². The average molecular weight is 404 g/mol. The monoisotopic (exact) mass is 404 g/mol. The van der Waals surface area contributed by atoms with Crippen molar-refractivity contribution in [3.8, 4) is 0 Å². The molecule has 2 aliphatic heterocycles. The summed E-state index contributed by atoms with van der Waals surface area (Å²) < 4.78 is 26.8. The van der Waals surface area contributed by atoms with Crippen molar-refractivity contribution >= 4 is 39.2 Å². The SMILES string of the molecule is CCS(=O)(=O)N1C2CCC1CN(c1nc(N(C=O)C3CC3)nc3[nH]ccc13)C2. The summed E-state index contributed by atoms with van der Waals surface area (Å²) in [5.74, 6) is 1.33. The summed E-state index contributed by atoms with van der Waals surface area (Å²) in [6.45, 7) is 2.92. The molecule has 150 valence electrons. The van der Waals surface area contributed by atoms with Gasteiger partial charge >= 0.3 is 0 Å². The third-order valence-electron chi connectivity index (χ3n) is 6.07. The van der Waals surface area contributed by atoms with Gasteiger partial charge in [-0.1, -0.05) is 0 Å². The van der Waals surface area contributed by atoms with E-state index in [0.29, 0.717) is 24.7 Å². The molecule has 3 fully saturated rings. The van der Waals surface area contributed by atoms with Gasteiger partial charge in [0, 0.05) is 37.4 Å². The molecule has 2 aromatic rings. The van der Waals surface area contributed by atoms with Gasteiger partial charge in [0.2, 0.25) is 22.4 Å². The van der Waals surface area contributed by atoms with Gasteiger partial charge < -0.3 is 9.88 Å². The summed E-state index contributed by atoms with van der Waals surface area (Å²) in [6.07, 6.45) is 6.31. The van der Waals surface area contributed by atoms with Gasteiger partial charge in [0.05, 0.1) is 11.1 Å². The molecule has 2 saturated heterocycles. The van der Waals surface area contributed by atoms with Crippen LogP contribution in [0.15, 0.2) is 12.3 Å². The molecule has 0 aromatic carbocycles. The lowest BCUT2D eigenvalue weighted by molar-refractivity contribution is -0.107. The minimum Gasteiger partial charge on any atom is -0.353 e. The zero-order chi connectivity index (χ0) is 19.5. The number of carbonyl (C=O) groups excluding carboxylic acids is 1. The molecule has 4 heterocycles. The number of H-pyrrole nitrogens is 1. The molecule has 1 aliphatic carbocycles. The normalized spacial score (nSPS) is 25.4. The first-order chi connectivity index (χ1) is 13.5. The first-order valence-corrected chi connectivity index (χ1v) is 11.5. The number of nitrogens with one attached hydrogen (secondary N) is 1. The second-order valence-electron chi connectivity index (χ2n) is 7.85. The zero-order valence-corrected chi connectivity index (χ0v) is 16.6. The van der Waals surface area contributed by atoms with Gasteiger partial charge in [-0.2, -0.15) is 14.3 Å². The van der Waals surface area contributed by atoms with Gasteiger partial charge in [0.15, 0.2) is 0 Å². The fourth-order valence-corrected chi connectivity index (χ4v) is 6.11. The number of amides is 1. The minimum atomic E-state index is -3.21. The Kier molecular flexibility index (Phi) is 4.09. The van der Waals surface area contributed by atoms with Crippen LogP contribution in [0, 0.1) is 0 Å². The van der Waals surface area contributed by atoms with E-state index in [0.717, 1.165) is 43.3 Å². The molecular weight excluding hydrogens is 380 g/mol. The molecule has 0 radical (unpaired) electrons. The molecule has 9 nitrogen and oxygen atoms in total. The molecule has 2 bridgehead atoms. The molecule has 1 saturated carbocycles. The zero-order valence-electron chi connectivity index (χ0n) is 15.8. The molecule has 0 spiro atoms. The van der Waals surface area contributed by atoms with E-state index in [2.05, 4.69) is 14.9 Å². The quantitative estimate of drug-likeness (QED) is 0.723. The van der Waals surface area contributed by atoms with E-state index in [1.54, 1.807) is 16.1 Å². The third-order valence-corrected chi connectivity index (χ3v) is 8.04. The van der Waals surface area contributed by atoms with Gasteiger partial charge in [0.25, 0.3) is 0 Å². The fourth-order valence-electron chi connectivity index (χ4n) is 4.56. The highest BCUT2D eigenvalue weighted by Gasteiger charge is 2.46. The van der Waals surface area contributed by atoms with Crippen LogP contribution in [0.4, 0.5) is 11.8 Å². The van der Waals surface area contributed by atoms with Crippen molar-refractivity contribution in [1.29, 1.82) is 0 Å². The van der Waals surface area contributed by atoms with Crippen LogP contribution in [0.5, 0.6) is 0 Å². The number of rotatable bonds is 6. The molecule has 5 rings (SSSR count). The maximum absolute atomic E-state index is 12.5. The van der Waals surface area contributed by atoms with E-state index >= 15 is 0 Å². The standard InChI is InChI=1S/C18H24N6O3S/c1-2-28(26,27)24-13-5-6-14(24)10-22(9-13)17-15-7-8-19-16(15)20-18(21-17)23(11-25)12-3-4-12/h7-8,11-14H,2-6,9-10H2,1H3,(H,19,20,21). The number of anilines is 2. The fraction of sp³-hybridized carbons (Fsp3) is 0.611. The largest absolute Gasteiger partial charge is 0.353 e. The Hall–Kier alpha value is -2.20. The summed E-state index contributed by atoms with van der Waals surface area (Å²) in [5, 5.41) is 0.900. The number of hydrogen-bond donors (Lipinski definition) is 1. The lowest BCUT2D eigenvalue weighted by atomic mass is 10.2. The first-order valence-electron chi connectivity index (χ1n) is 9.86. The predicted molar refractivity (Wildman–Crippen MR) is 106 cm³/mol. The van der Waals surface area contributed by atoms with Crippen molar-refractivity contribution in [2.45, 2.75) is 50.7 Å². The summed E-state index contributed by atoms with van der Waals surface area (Å²) >= 11 is 0. The third kappa shape index (κ3) is 2.77. The van der Waals surface area contributed by atoms with Crippen molar-refractivity contribution in [2.24, 2.45) is 0 Å². The number of sulfonamides is 1. The molecule has 3 aliphatic rings. The van der Waals surface area contributed by atoms with Gasteiger partial charge in [-0.15, -0.1) is 0 Å². The van der Waals surface area contributed by atoms with Crippen LogP contribution in [-0.2, 0) is 14.8 Å². The van der Waals surface area contributed by atoms with E-state index in [1.165, 1.54) is 0 Å². The highest BCUT2D eigenvalue weighted by Crippen LogP contribution is 2.37. The average Bonchev–Trinajstić information content (AvgIpc) is 3.33. The molecule has 28 heavy (non-hydrogen) atoms. The number of piperazine rings is 1. The van der Waals surface area contributed by atoms with Crippen LogP contribution >= 0.6 is 0 Å². The Morgan fingerprint density at radius 3 is 2.54 bits per heavy atom. The predicted octanol–water partition coefficient (Wildman–Crippen LogP) is 1.09. The van der Waals surface area contributed by atoms with E-state index in [9.17, 15) is 13.2 Å². The van der Waals surface area contributed by atoms with Crippen LogP contribution < -0.4 is 9.80 Å². The van der Waals surface area contributed by atoms with Gasteiger partial charge in [-0.05, 0) is 38.7 Å². The lowest BCUT2D eigenvalue weighted by Crippen LogP contribution is -2.56.